The van der Waals surface area contributed by atoms with E-state index in [-0.39, 0.29) is 18.0 Å². The molecule has 0 radical (unpaired) electrons. The molecule has 1 saturated heterocycles. The van der Waals surface area contributed by atoms with Gasteiger partial charge >= 0.3 is 18.2 Å². The van der Waals surface area contributed by atoms with E-state index in [1.807, 2.05) is 0 Å². The summed E-state index contributed by atoms with van der Waals surface area (Å²) in [5.41, 5.74) is -1.17. The van der Waals surface area contributed by atoms with Crippen LogP contribution in [0, 0.1) is 0 Å². The lowest BCUT2D eigenvalue weighted by molar-refractivity contribution is -0.150. The Morgan fingerprint density at radius 3 is 2.45 bits per heavy atom. The van der Waals surface area contributed by atoms with Crippen molar-refractivity contribution in [3.63, 3.8) is 0 Å². The van der Waals surface area contributed by atoms with E-state index in [0.29, 0.717) is 12.8 Å². The number of amides is 2. The Bertz CT molecular complexity index is 384. The number of likely N-dealkylation sites (tertiary alicyclic amines) is 1. The van der Waals surface area contributed by atoms with Gasteiger partial charge in [0.25, 0.3) is 0 Å². The van der Waals surface area contributed by atoms with Crippen LogP contribution in [0.15, 0.2) is 0 Å². The van der Waals surface area contributed by atoms with E-state index in [1.165, 1.54) is 6.92 Å². The molecule has 6 nitrogen and oxygen atoms in total. The Balaban J connectivity index is 2.79. The molecule has 0 spiro atoms. The highest BCUT2D eigenvalue weighted by molar-refractivity contribution is 5.80. The number of carbonyl (C=O) groups is 2. The van der Waals surface area contributed by atoms with Crippen molar-refractivity contribution in [2.45, 2.75) is 31.5 Å². The van der Waals surface area contributed by atoms with Crippen molar-refractivity contribution >= 4 is 12.0 Å². The number of urea groups is 1. The maximum atomic E-state index is 12.4. The molecule has 0 aliphatic carbocycles. The molecule has 1 atom stereocenters. The van der Waals surface area contributed by atoms with Gasteiger partial charge in [-0.3, -0.25) is 4.79 Å². The number of piperidine rings is 1. The molecule has 0 bridgehead atoms. The highest BCUT2D eigenvalue weighted by Crippen LogP contribution is 2.23. The summed E-state index contributed by atoms with van der Waals surface area (Å²) in [6, 6.07) is -1.02. The predicted molar refractivity (Wildman–Crippen MR) is 62.1 cm³/mol. The number of carbonyl (C=O) groups excluding carboxylic acids is 1. The van der Waals surface area contributed by atoms with E-state index in [2.05, 4.69) is 0 Å². The highest BCUT2D eigenvalue weighted by atomic mass is 19.4. The van der Waals surface area contributed by atoms with Crippen molar-refractivity contribution in [1.82, 2.24) is 9.80 Å². The van der Waals surface area contributed by atoms with Gasteiger partial charge in [-0.15, -0.1) is 0 Å². The number of aliphatic carboxylic acids is 1. The smallest absolute Gasteiger partial charge is 0.406 e. The SMILES string of the molecule is CC1(O)CCCN(C(=O)N(CC(=O)O)CC(F)(F)F)C1. The zero-order valence-corrected chi connectivity index (χ0v) is 11.0. The molecule has 1 aliphatic rings. The molecule has 1 fully saturated rings. The number of rotatable bonds is 3. The molecular formula is C11H17F3N2O4. The Kier molecular flexibility index (Phi) is 4.85. The number of alkyl halides is 3. The summed E-state index contributed by atoms with van der Waals surface area (Å²) in [5, 5.41) is 18.4. The minimum Gasteiger partial charge on any atom is -0.480 e. The molecule has 2 N–H and O–H groups in total. The van der Waals surface area contributed by atoms with Crippen LogP contribution in [-0.2, 0) is 4.79 Å². The van der Waals surface area contributed by atoms with Gasteiger partial charge in [0.1, 0.15) is 13.1 Å². The normalized spacial score (nSPS) is 23.6. The first kappa shape index (κ1) is 16.5. The molecule has 1 heterocycles. The highest BCUT2D eigenvalue weighted by Gasteiger charge is 2.38. The largest absolute Gasteiger partial charge is 0.480 e. The van der Waals surface area contributed by atoms with Crippen molar-refractivity contribution < 1.29 is 33.0 Å². The summed E-state index contributed by atoms with van der Waals surface area (Å²) in [7, 11) is 0. The molecular weight excluding hydrogens is 281 g/mol. The first-order valence-electron chi connectivity index (χ1n) is 6.05. The third-order valence-corrected chi connectivity index (χ3v) is 2.91. The van der Waals surface area contributed by atoms with E-state index in [4.69, 9.17) is 5.11 Å². The van der Waals surface area contributed by atoms with Crippen LogP contribution in [-0.4, -0.2) is 70.0 Å². The fourth-order valence-corrected chi connectivity index (χ4v) is 2.15. The third kappa shape index (κ3) is 5.24. The Morgan fingerprint density at radius 1 is 1.40 bits per heavy atom. The Morgan fingerprint density at radius 2 is 2.00 bits per heavy atom. The molecule has 116 valence electrons. The summed E-state index contributed by atoms with van der Waals surface area (Å²) in [6.07, 6.45) is -3.79. The molecule has 20 heavy (non-hydrogen) atoms. The van der Waals surface area contributed by atoms with E-state index in [0.717, 1.165) is 4.90 Å². The summed E-state index contributed by atoms with van der Waals surface area (Å²) in [4.78, 5) is 23.8. The molecule has 0 aromatic carbocycles. The van der Waals surface area contributed by atoms with Gasteiger partial charge in [-0.25, -0.2) is 4.79 Å². The van der Waals surface area contributed by atoms with Crippen LogP contribution in [0.2, 0.25) is 0 Å². The van der Waals surface area contributed by atoms with Gasteiger partial charge in [-0.1, -0.05) is 0 Å². The number of carboxylic acid groups (broad SMARTS) is 1. The van der Waals surface area contributed by atoms with Gasteiger partial charge in [-0.05, 0) is 19.8 Å². The van der Waals surface area contributed by atoms with Crippen LogP contribution in [0.5, 0.6) is 0 Å². The fraction of sp³-hybridized carbons (Fsp3) is 0.818. The zero-order valence-electron chi connectivity index (χ0n) is 11.0. The second kappa shape index (κ2) is 5.86. The summed E-state index contributed by atoms with van der Waals surface area (Å²) < 4.78 is 37.1. The van der Waals surface area contributed by atoms with Crippen LogP contribution >= 0.6 is 0 Å². The molecule has 0 aromatic rings. The standard InChI is InChI=1S/C11H17F3N2O4/c1-10(20)3-2-4-15(6-10)9(19)16(5-8(17)18)7-11(12,13)14/h20H,2-7H2,1H3,(H,17,18). The lowest BCUT2D eigenvalue weighted by Gasteiger charge is -2.39. The summed E-state index contributed by atoms with van der Waals surface area (Å²) in [5.74, 6) is -1.52. The molecule has 1 rings (SSSR count). The van der Waals surface area contributed by atoms with E-state index < -0.39 is 36.9 Å². The van der Waals surface area contributed by atoms with Crippen molar-refractivity contribution in [3.05, 3.63) is 0 Å². The maximum Gasteiger partial charge on any atom is 0.406 e. The quantitative estimate of drug-likeness (QED) is 0.811. The average Bonchev–Trinajstić information content (AvgIpc) is 2.23. The van der Waals surface area contributed by atoms with Gasteiger partial charge in [-0.2, -0.15) is 13.2 Å². The van der Waals surface area contributed by atoms with Gasteiger partial charge in [0.05, 0.1) is 12.1 Å². The summed E-state index contributed by atoms with van der Waals surface area (Å²) >= 11 is 0. The molecule has 0 aromatic heterocycles. The molecule has 1 aliphatic heterocycles. The van der Waals surface area contributed by atoms with Crippen LogP contribution < -0.4 is 0 Å². The number of aliphatic hydroxyl groups is 1. The van der Waals surface area contributed by atoms with Crippen molar-refractivity contribution in [2.75, 3.05) is 26.2 Å². The second-order valence-corrected chi connectivity index (χ2v) is 5.17. The lowest BCUT2D eigenvalue weighted by Crippen LogP contribution is -2.55. The number of carboxylic acids is 1. The average molecular weight is 298 g/mol. The van der Waals surface area contributed by atoms with Gasteiger partial charge in [0, 0.05) is 6.54 Å². The van der Waals surface area contributed by atoms with Crippen LogP contribution in [0.3, 0.4) is 0 Å². The number of nitrogens with zero attached hydrogens (tertiary/aromatic N) is 2. The predicted octanol–water partition coefficient (Wildman–Crippen LogP) is 0.902. The Labute approximate surface area is 113 Å². The molecule has 2 amide bonds. The number of hydrogen-bond donors (Lipinski definition) is 2. The van der Waals surface area contributed by atoms with E-state index in [1.54, 1.807) is 0 Å². The second-order valence-electron chi connectivity index (χ2n) is 5.17. The first-order valence-corrected chi connectivity index (χ1v) is 6.05. The topological polar surface area (TPSA) is 81.1 Å². The number of β-amino-alcohol motifs (C(OH)–C–C–N with tert-alkyl or cyclic N) is 1. The van der Waals surface area contributed by atoms with E-state index >= 15 is 0 Å². The third-order valence-electron chi connectivity index (χ3n) is 2.91. The zero-order chi connectivity index (χ0) is 15.6. The molecule has 1 unspecified atom stereocenters. The maximum absolute atomic E-state index is 12.4. The van der Waals surface area contributed by atoms with E-state index in [9.17, 15) is 27.9 Å². The Hall–Kier alpha value is -1.51. The van der Waals surface area contributed by atoms with Crippen LogP contribution in [0.4, 0.5) is 18.0 Å². The lowest BCUT2D eigenvalue weighted by atomic mass is 9.95. The number of halogens is 3. The van der Waals surface area contributed by atoms with Crippen molar-refractivity contribution in [3.8, 4) is 0 Å². The first-order chi connectivity index (χ1) is 9.00. The van der Waals surface area contributed by atoms with Crippen molar-refractivity contribution in [1.29, 1.82) is 0 Å². The fourth-order valence-electron chi connectivity index (χ4n) is 2.15. The minimum atomic E-state index is -4.68. The van der Waals surface area contributed by atoms with Gasteiger partial charge < -0.3 is 20.0 Å². The molecule has 9 heteroatoms. The van der Waals surface area contributed by atoms with Crippen LogP contribution in [0.1, 0.15) is 19.8 Å². The van der Waals surface area contributed by atoms with Gasteiger partial charge in [0.2, 0.25) is 0 Å². The monoisotopic (exact) mass is 298 g/mol. The van der Waals surface area contributed by atoms with Gasteiger partial charge in [0.15, 0.2) is 0 Å². The van der Waals surface area contributed by atoms with Crippen LogP contribution in [0.25, 0.3) is 0 Å². The van der Waals surface area contributed by atoms with Crippen molar-refractivity contribution in [2.24, 2.45) is 0 Å². The minimum absolute atomic E-state index is 0.111. The number of hydrogen-bond acceptors (Lipinski definition) is 3. The summed E-state index contributed by atoms with van der Waals surface area (Å²) in [6.45, 7) is -1.09. The molecule has 0 saturated carbocycles.